The van der Waals surface area contributed by atoms with E-state index >= 15 is 0 Å². The molecule has 0 aromatic rings. The van der Waals surface area contributed by atoms with E-state index in [9.17, 15) is 4.79 Å². The Balaban J connectivity index is 2.95. The summed E-state index contributed by atoms with van der Waals surface area (Å²) in [5.41, 5.74) is 0. The molecule has 0 spiro atoms. The Hall–Kier alpha value is 0.170. The summed E-state index contributed by atoms with van der Waals surface area (Å²) in [7, 11) is 0. The van der Waals surface area contributed by atoms with Gasteiger partial charge in [-0.3, -0.25) is 4.79 Å². The second kappa shape index (κ2) is 8.27. The van der Waals surface area contributed by atoms with E-state index in [0.29, 0.717) is 6.61 Å². The summed E-state index contributed by atoms with van der Waals surface area (Å²) in [6.45, 7) is 0.542. The zero-order valence-corrected chi connectivity index (χ0v) is 8.42. The van der Waals surface area contributed by atoms with Crippen molar-refractivity contribution in [3.8, 4) is 0 Å². The zero-order valence-electron chi connectivity index (χ0n) is 6.71. The van der Waals surface area contributed by atoms with Crippen molar-refractivity contribution >= 4 is 30.4 Å². The number of thioether (sulfide) groups is 1. The maximum atomic E-state index is 10.5. The van der Waals surface area contributed by atoms with Crippen LogP contribution in [0, 0.1) is 0 Å². The lowest BCUT2D eigenvalue weighted by atomic mass is 10.4. The number of hydrogen-bond acceptors (Lipinski definition) is 4. The van der Waals surface area contributed by atoms with E-state index in [-0.39, 0.29) is 11.7 Å². The lowest BCUT2D eigenvalue weighted by molar-refractivity contribution is -0.140. The third-order valence-electron chi connectivity index (χ3n) is 1.13. The summed E-state index contributed by atoms with van der Waals surface area (Å²) >= 11 is 5.59. The third kappa shape index (κ3) is 8.07. The van der Waals surface area contributed by atoms with E-state index in [1.54, 1.807) is 0 Å². The Kier molecular flexibility index (Phi) is 8.40. The van der Waals surface area contributed by atoms with Gasteiger partial charge in [-0.2, -0.15) is 24.4 Å². The molecule has 0 N–H and O–H groups in total. The molecule has 0 saturated carbocycles. The molecule has 0 aromatic heterocycles. The lowest BCUT2D eigenvalue weighted by Gasteiger charge is -2.01. The average molecular weight is 194 g/mol. The van der Waals surface area contributed by atoms with Gasteiger partial charge in [-0.05, 0) is 24.9 Å². The number of thiol groups is 1. The van der Waals surface area contributed by atoms with E-state index in [1.165, 1.54) is 0 Å². The van der Waals surface area contributed by atoms with Crippen molar-refractivity contribution in [1.29, 1.82) is 0 Å². The van der Waals surface area contributed by atoms with Gasteiger partial charge in [-0.15, -0.1) is 0 Å². The third-order valence-corrected chi connectivity index (χ3v) is 2.09. The standard InChI is InChI=1S/C7H14O2S2/c1-11-5-3-2-4-9-7(8)6-10/h10H,2-6H2,1H3. The van der Waals surface area contributed by atoms with E-state index in [0.717, 1.165) is 18.6 Å². The van der Waals surface area contributed by atoms with E-state index in [1.807, 2.05) is 11.8 Å². The summed E-state index contributed by atoms with van der Waals surface area (Å²) in [4.78, 5) is 10.5. The molecule has 0 fully saturated rings. The van der Waals surface area contributed by atoms with Crippen LogP contribution in [0.3, 0.4) is 0 Å². The highest BCUT2D eigenvalue weighted by Crippen LogP contribution is 1.99. The predicted octanol–water partition coefficient (Wildman–Crippen LogP) is 1.60. The van der Waals surface area contributed by atoms with Crippen LogP contribution < -0.4 is 0 Å². The molecule has 4 heteroatoms. The van der Waals surface area contributed by atoms with Crippen LogP contribution in [0.1, 0.15) is 12.8 Å². The van der Waals surface area contributed by atoms with Gasteiger partial charge < -0.3 is 4.74 Å². The summed E-state index contributed by atoms with van der Waals surface area (Å²) in [5, 5.41) is 0. The number of carbonyl (C=O) groups is 1. The number of unbranched alkanes of at least 4 members (excludes halogenated alkanes) is 1. The van der Waals surface area contributed by atoms with E-state index < -0.39 is 0 Å². The Morgan fingerprint density at radius 2 is 2.27 bits per heavy atom. The molecule has 0 bridgehead atoms. The molecule has 2 nitrogen and oxygen atoms in total. The van der Waals surface area contributed by atoms with E-state index in [2.05, 4.69) is 18.9 Å². The monoisotopic (exact) mass is 194 g/mol. The van der Waals surface area contributed by atoms with Gasteiger partial charge in [0.25, 0.3) is 0 Å². The molecule has 0 saturated heterocycles. The molecule has 66 valence electrons. The van der Waals surface area contributed by atoms with Crippen LogP contribution in [-0.2, 0) is 9.53 Å². The molecule has 0 aliphatic carbocycles. The summed E-state index contributed by atoms with van der Waals surface area (Å²) < 4.78 is 4.81. The molecular weight excluding hydrogens is 180 g/mol. The minimum absolute atomic E-state index is 0.183. The van der Waals surface area contributed by atoms with Crippen molar-refractivity contribution in [3.63, 3.8) is 0 Å². The van der Waals surface area contributed by atoms with Crippen molar-refractivity contribution in [3.05, 3.63) is 0 Å². The van der Waals surface area contributed by atoms with Crippen LogP contribution in [0.4, 0.5) is 0 Å². The van der Waals surface area contributed by atoms with Crippen LogP contribution in [-0.4, -0.2) is 30.3 Å². The Morgan fingerprint density at radius 1 is 1.55 bits per heavy atom. The van der Waals surface area contributed by atoms with Gasteiger partial charge in [-0.25, -0.2) is 0 Å². The van der Waals surface area contributed by atoms with Crippen molar-refractivity contribution in [2.75, 3.05) is 24.4 Å². The van der Waals surface area contributed by atoms with Gasteiger partial charge in [0, 0.05) is 0 Å². The highest BCUT2D eigenvalue weighted by molar-refractivity contribution is 7.98. The Labute approximate surface area is 77.5 Å². The van der Waals surface area contributed by atoms with Crippen LogP contribution in [0.15, 0.2) is 0 Å². The Morgan fingerprint density at radius 3 is 2.82 bits per heavy atom. The molecule has 0 rings (SSSR count). The van der Waals surface area contributed by atoms with Gasteiger partial charge >= 0.3 is 5.97 Å². The van der Waals surface area contributed by atoms with Crippen molar-refractivity contribution in [2.45, 2.75) is 12.8 Å². The summed E-state index contributed by atoms with van der Waals surface area (Å²) in [6, 6.07) is 0. The molecule has 0 aliphatic rings. The molecule has 0 aliphatic heterocycles. The first-order valence-corrected chi connectivity index (χ1v) is 5.59. The second-order valence-electron chi connectivity index (χ2n) is 2.08. The smallest absolute Gasteiger partial charge is 0.315 e. The average Bonchev–Trinajstić information content (AvgIpc) is 2.04. The molecule has 0 unspecified atom stereocenters. The quantitative estimate of drug-likeness (QED) is 0.395. The van der Waals surface area contributed by atoms with Crippen LogP contribution >= 0.6 is 24.4 Å². The first kappa shape index (κ1) is 11.2. The Bertz CT molecular complexity index is 107. The molecule has 0 aromatic carbocycles. The maximum Gasteiger partial charge on any atom is 0.315 e. The number of carbonyl (C=O) groups excluding carboxylic acids is 1. The largest absolute Gasteiger partial charge is 0.465 e. The van der Waals surface area contributed by atoms with Gasteiger partial charge in [0.05, 0.1) is 12.4 Å². The van der Waals surface area contributed by atoms with Gasteiger partial charge in [-0.1, -0.05) is 0 Å². The minimum Gasteiger partial charge on any atom is -0.465 e. The van der Waals surface area contributed by atoms with Crippen LogP contribution in [0.5, 0.6) is 0 Å². The zero-order chi connectivity index (χ0) is 8.53. The van der Waals surface area contributed by atoms with Gasteiger partial charge in [0.15, 0.2) is 0 Å². The molecule has 11 heavy (non-hydrogen) atoms. The van der Waals surface area contributed by atoms with Gasteiger partial charge in [0.1, 0.15) is 0 Å². The van der Waals surface area contributed by atoms with Crippen LogP contribution in [0.25, 0.3) is 0 Å². The van der Waals surface area contributed by atoms with Crippen molar-refractivity contribution in [2.24, 2.45) is 0 Å². The number of rotatable bonds is 6. The van der Waals surface area contributed by atoms with Crippen LogP contribution in [0.2, 0.25) is 0 Å². The fourth-order valence-corrected chi connectivity index (χ4v) is 1.16. The highest BCUT2D eigenvalue weighted by atomic mass is 32.2. The molecule has 0 amide bonds. The predicted molar refractivity (Wildman–Crippen MR) is 52.4 cm³/mol. The fraction of sp³-hybridized carbons (Fsp3) is 0.857. The van der Waals surface area contributed by atoms with Crippen molar-refractivity contribution in [1.82, 2.24) is 0 Å². The summed E-state index contributed by atoms with van der Waals surface area (Å²) in [6.07, 6.45) is 4.14. The molecular formula is C7H14O2S2. The van der Waals surface area contributed by atoms with E-state index in [4.69, 9.17) is 4.74 Å². The normalized spacial score (nSPS) is 9.64. The fourth-order valence-electron chi connectivity index (χ4n) is 0.580. The maximum absolute atomic E-state index is 10.5. The highest BCUT2D eigenvalue weighted by Gasteiger charge is 1.96. The molecule has 0 heterocycles. The molecule has 0 atom stereocenters. The second-order valence-corrected chi connectivity index (χ2v) is 3.38. The first-order valence-electron chi connectivity index (χ1n) is 3.56. The number of esters is 1. The van der Waals surface area contributed by atoms with Crippen molar-refractivity contribution < 1.29 is 9.53 Å². The number of ether oxygens (including phenoxy) is 1. The first-order chi connectivity index (χ1) is 5.31. The van der Waals surface area contributed by atoms with Gasteiger partial charge in [0.2, 0.25) is 0 Å². The number of hydrogen-bond donors (Lipinski definition) is 1. The minimum atomic E-state index is -0.225. The SMILES string of the molecule is CSCCCCOC(=O)CS. The lowest BCUT2D eigenvalue weighted by Crippen LogP contribution is -2.06. The topological polar surface area (TPSA) is 26.3 Å². The summed E-state index contributed by atoms with van der Waals surface area (Å²) in [5.74, 6) is 1.10. The molecule has 0 radical (unpaired) electrons.